The number of hydrogen-bond donors (Lipinski definition) is 1. The smallest absolute Gasteiger partial charge is 0.358 e. The summed E-state index contributed by atoms with van der Waals surface area (Å²) in [5, 5.41) is 15.8. The van der Waals surface area contributed by atoms with Gasteiger partial charge >= 0.3 is 5.97 Å². The van der Waals surface area contributed by atoms with Crippen LogP contribution < -0.4 is 0 Å². The van der Waals surface area contributed by atoms with Crippen molar-refractivity contribution in [1.82, 2.24) is 15.0 Å². The van der Waals surface area contributed by atoms with Crippen molar-refractivity contribution in [2.75, 3.05) is 26.4 Å². The molecule has 0 aliphatic heterocycles. The van der Waals surface area contributed by atoms with Crippen molar-refractivity contribution < 1.29 is 19.4 Å². The molecule has 0 bridgehead atoms. The lowest BCUT2D eigenvalue weighted by molar-refractivity contribution is 0.0429. The van der Waals surface area contributed by atoms with Gasteiger partial charge in [0.1, 0.15) is 0 Å². The van der Waals surface area contributed by atoms with Gasteiger partial charge in [-0.15, -0.1) is 5.10 Å². The minimum atomic E-state index is -1.08. The van der Waals surface area contributed by atoms with E-state index < -0.39 is 5.97 Å². The molecule has 0 saturated heterocycles. The first-order valence-electron chi connectivity index (χ1n) is 6.03. The topological polar surface area (TPSA) is 86.5 Å². The Morgan fingerprint density at radius 2 is 2.06 bits per heavy atom. The molecule has 1 aromatic heterocycles. The van der Waals surface area contributed by atoms with Crippen LogP contribution in [0.2, 0.25) is 0 Å². The van der Waals surface area contributed by atoms with Crippen molar-refractivity contribution in [2.45, 2.75) is 26.3 Å². The van der Waals surface area contributed by atoms with Gasteiger partial charge in [0.05, 0.1) is 32.6 Å². The number of unbranched alkanes of at least 4 members (excludes halogenated alkanes) is 1. The quantitative estimate of drug-likeness (QED) is 0.624. The molecule has 0 amide bonds. The first-order chi connectivity index (χ1) is 8.74. The number of ether oxygens (including phenoxy) is 2. The Morgan fingerprint density at radius 3 is 2.67 bits per heavy atom. The first-order valence-corrected chi connectivity index (χ1v) is 6.03. The van der Waals surface area contributed by atoms with E-state index in [9.17, 15) is 4.79 Å². The Labute approximate surface area is 106 Å². The SMILES string of the molecule is CCCCOCCOCCn1cc(C(=O)O)nn1. The largest absolute Gasteiger partial charge is 0.476 e. The van der Waals surface area contributed by atoms with Crippen LogP contribution in [-0.2, 0) is 16.0 Å². The molecule has 18 heavy (non-hydrogen) atoms. The normalized spacial score (nSPS) is 10.7. The molecule has 1 N–H and O–H groups in total. The number of nitrogens with zero attached hydrogens (tertiary/aromatic N) is 3. The van der Waals surface area contributed by atoms with Gasteiger partial charge in [-0.25, -0.2) is 9.48 Å². The highest BCUT2D eigenvalue weighted by atomic mass is 16.5. The van der Waals surface area contributed by atoms with Crippen LogP contribution in [0, 0.1) is 0 Å². The Bertz CT molecular complexity index is 354. The first kappa shape index (κ1) is 14.6. The number of hydrogen-bond acceptors (Lipinski definition) is 5. The predicted molar refractivity (Wildman–Crippen MR) is 63.5 cm³/mol. The highest BCUT2D eigenvalue weighted by Crippen LogP contribution is 1.93. The molecule has 7 nitrogen and oxygen atoms in total. The standard InChI is InChI=1S/C11H19N3O4/c1-2-3-5-17-7-8-18-6-4-14-9-10(11(15)16)12-13-14/h9H,2-8H2,1H3,(H,15,16). The van der Waals surface area contributed by atoms with E-state index in [-0.39, 0.29) is 5.69 Å². The lowest BCUT2D eigenvalue weighted by Gasteiger charge is -2.05. The molecule has 1 heterocycles. The molecule has 0 aliphatic rings. The molecule has 7 heteroatoms. The maximum Gasteiger partial charge on any atom is 0.358 e. The van der Waals surface area contributed by atoms with Crippen LogP contribution in [0.5, 0.6) is 0 Å². The Kier molecular flexibility index (Phi) is 6.97. The van der Waals surface area contributed by atoms with Gasteiger partial charge in [0, 0.05) is 6.61 Å². The summed E-state index contributed by atoms with van der Waals surface area (Å²) in [5.41, 5.74) is -0.0575. The van der Waals surface area contributed by atoms with Gasteiger partial charge in [-0.3, -0.25) is 0 Å². The summed E-state index contributed by atoms with van der Waals surface area (Å²) in [6.07, 6.45) is 3.57. The average Bonchev–Trinajstić information content (AvgIpc) is 2.81. The minimum absolute atomic E-state index is 0.0575. The van der Waals surface area contributed by atoms with E-state index in [0.29, 0.717) is 26.4 Å². The van der Waals surface area contributed by atoms with Crippen molar-refractivity contribution >= 4 is 5.97 Å². The molecule has 0 atom stereocenters. The second-order valence-corrected chi connectivity index (χ2v) is 3.75. The van der Waals surface area contributed by atoms with E-state index in [1.807, 2.05) is 0 Å². The molecule has 1 aromatic rings. The van der Waals surface area contributed by atoms with Gasteiger partial charge < -0.3 is 14.6 Å². The molecule has 0 fully saturated rings. The Balaban J connectivity index is 2.02. The van der Waals surface area contributed by atoms with Crippen LogP contribution in [-0.4, -0.2) is 52.5 Å². The molecular formula is C11H19N3O4. The predicted octanol–water partition coefficient (Wildman–Crippen LogP) is 0.810. The number of carboxylic acid groups (broad SMARTS) is 1. The van der Waals surface area contributed by atoms with Gasteiger partial charge in [0.25, 0.3) is 0 Å². The number of aromatic carboxylic acids is 1. The van der Waals surface area contributed by atoms with Crippen molar-refractivity contribution in [3.63, 3.8) is 0 Å². The van der Waals surface area contributed by atoms with Crippen LogP contribution in [0.25, 0.3) is 0 Å². The van der Waals surface area contributed by atoms with Gasteiger partial charge in [0.15, 0.2) is 5.69 Å². The van der Waals surface area contributed by atoms with E-state index in [2.05, 4.69) is 17.2 Å². The summed E-state index contributed by atoms with van der Waals surface area (Å²) in [6.45, 7) is 4.94. The highest BCUT2D eigenvalue weighted by molar-refractivity contribution is 5.84. The zero-order chi connectivity index (χ0) is 13.2. The molecule has 0 aromatic carbocycles. The van der Waals surface area contributed by atoms with Crippen LogP contribution in [0.1, 0.15) is 30.3 Å². The highest BCUT2D eigenvalue weighted by Gasteiger charge is 2.07. The van der Waals surface area contributed by atoms with Crippen LogP contribution in [0.4, 0.5) is 0 Å². The lowest BCUT2D eigenvalue weighted by atomic mass is 10.4. The fourth-order valence-electron chi connectivity index (χ4n) is 1.23. The third-order valence-corrected chi connectivity index (χ3v) is 2.24. The summed E-state index contributed by atoms with van der Waals surface area (Å²) in [5.74, 6) is -1.08. The molecular weight excluding hydrogens is 238 g/mol. The summed E-state index contributed by atoms with van der Waals surface area (Å²) in [4.78, 5) is 10.6. The number of aromatic nitrogens is 3. The van der Waals surface area contributed by atoms with Crippen LogP contribution in [0.3, 0.4) is 0 Å². The summed E-state index contributed by atoms with van der Waals surface area (Å²) >= 11 is 0. The Morgan fingerprint density at radius 1 is 1.33 bits per heavy atom. The third kappa shape index (κ3) is 5.74. The number of carbonyl (C=O) groups is 1. The molecule has 0 aliphatic carbocycles. The summed E-state index contributed by atoms with van der Waals surface area (Å²) in [7, 11) is 0. The number of rotatable bonds is 10. The number of carboxylic acids is 1. The van der Waals surface area contributed by atoms with Gasteiger partial charge in [-0.2, -0.15) is 0 Å². The zero-order valence-electron chi connectivity index (χ0n) is 10.5. The molecule has 1 rings (SSSR count). The monoisotopic (exact) mass is 257 g/mol. The molecule has 0 spiro atoms. The zero-order valence-corrected chi connectivity index (χ0v) is 10.5. The van der Waals surface area contributed by atoms with E-state index in [4.69, 9.17) is 14.6 Å². The molecule has 102 valence electrons. The van der Waals surface area contributed by atoms with E-state index in [1.165, 1.54) is 10.9 Å². The van der Waals surface area contributed by atoms with Gasteiger partial charge in [0.2, 0.25) is 0 Å². The lowest BCUT2D eigenvalue weighted by Crippen LogP contribution is -2.10. The van der Waals surface area contributed by atoms with Gasteiger partial charge in [-0.1, -0.05) is 18.6 Å². The fourth-order valence-corrected chi connectivity index (χ4v) is 1.23. The molecule has 0 unspecified atom stereocenters. The second kappa shape index (κ2) is 8.60. The van der Waals surface area contributed by atoms with Crippen molar-refractivity contribution in [3.8, 4) is 0 Å². The van der Waals surface area contributed by atoms with Crippen LogP contribution in [0.15, 0.2) is 6.20 Å². The molecule has 0 saturated carbocycles. The fraction of sp³-hybridized carbons (Fsp3) is 0.727. The van der Waals surface area contributed by atoms with E-state index in [0.717, 1.165) is 19.4 Å². The maximum absolute atomic E-state index is 10.6. The maximum atomic E-state index is 10.6. The summed E-state index contributed by atoms with van der Waals surface area (Å²) in [6, 6.07) is 0. The summed E-state index contributed by atoms with van der Waals surface area (Å²) < 4.78 is 12.1. The van der Waals surface area contributed by atoms with E-state index in [1.54, 1.807) is 0 Å². The Hall–Kier alpha value is -1.47. The van der Waals surface area contributed by atoms with Crippen molar-refractivity contribution in [1.29, 1.82) is 0 Å². The second-order valence-electron chi connectivity index (χ2n) is 3.75. The average molecular weight is 257 g/mol. The third-order valence-electron chi connectivity index (χ3n) is 2.24. The minimum Gasteiger partial charge on any atom is -0.476 e. The molecule has 0 radical (unpaired) electrons. The van der Waals surface area contributed by atoms with E-state index >= 15 is 0 Å². The van der Waals surface area contributed by atoms with Crippen molar-refractivity contribution in [2.24, 2.45) is 0 Å². The van der Waals surface area contributed by atoms with Gasteiger partial charge in [-0.05, 0) is 6.42 Å². The van der Waals surface area contributed by atoms with Crippen molar-refractivity contribution in [3.05, 3.63) is 11.9 Å². The van der Waals surface area contributed by atoms with Crippen LogP contribution >= 0.6 is 0 Å².